The predicted octanol–water partition coefficient (Wildman–Crippen LogP) is 3.33. The fourth-order valence-electron chi connectivity index (χ4n) is 3.55. The lowest BCUT2D eigenvalue weighted by Crippen LogP contribution is -2.16. The molecule has 31 heavy (non-hydrogen) atoms. The van der Waals surface area contributed by atoms with Gasteiger partial charge in [0, 0.05) is 18.1 Å². The van der Waals surface area contributed by atoms with Crippen LogP contribution in [0, 0.1) is 0 Å². The molecule has 0 unspecified atom stereocenters. The molecule has 3 aromatic heterocycles. The molecule has 5 aromatic rings. The van der Waals surface area contributed by atoms with Crippen molar-refractivity contribution in [3.8, 4) is 5.69 Å². The number of anilines is 1. The van der Waals surface area contributed by atoms with E-state index in [9.17, 15) is 13.2 Å². The van der Waals surface area contributed by atoms with Crippen LogP contribution in [0.25, 0.3) is 22.2 Å². The van der Waals surface area contributed by atoms with Crippen molar-refractivity contribution in [2.75, 3.05) is 11.6 Å². The van der Waals surface area contributed by atoms with E-state index >= 15 is 0 Å². The van der Waals surface area contributed by atoms with E-state index in [1.165, 1.54) is 4.40 Å². The van der Waals surface area contributed by atoms with Crippen molar-refractivity contribution >= 4 is 38.2 Å². The van der Waals surface area contributed by atoms with Gasteiger partial charge >= 0.3 is 0 Å². The zero-order valence-corrected chi connectivity index (χ0v) is 17.2. The molecule has 1 amide bonds. The maximum Gasteiger partial charge on any atom is 0.278 e. The number of nitrogens with zero attached hydrogens (tertiary/aromatic N) is 4. The van der Waals surface area contributed by atoms with E-state index in [0.717, 1.165) is 17.5 Å². The van der Waals surface area contributed by atoms with E-state index in [2.05, 4.69) is 15.3 Å². The fraction of sp³-hybridized carbons (Fsp3) is 0.0455. The van der Waals surface area contributed by atoms with Crippen LogP contribution in [0.15, 0.2) is 84.1 Å². The number of imidazole rings is 2. The van der Waals surface area contributed by atoms with Crippen LogP contribution in [0.1, 0.15) is 10.5 Å². The van der Waals surface area contributed by atoms with Gasteiger partial charge in [-0.25, -0.2) is 18.4 Å². The van der Waals surface area contributed by atoms with E-state index in [1.54, 1.807) is 24.4 Å². The van der Waals surface area contributed by atoms with Crippen LogP contribution in [0.2, 0.25) is 0 Å². The highest BCUT2D eigenvalue weighted by molar-refractivity contribution is 7.90. The minimum Gasteiger partial charge on any atom is -0.290 e. The largest absolute Gasteiger partial charge is 0.290 e. The highest BCUT2D eigenvalue weighted by atomic mass is 32.2. The zero-order valence-electron chi connectivity index (χ0n) is 16.4. The van der Waals surface area contributed by atoms with Gasteiger partial charge in [-0.1, -0.05) is 36.4 Å². The van der Waals surface area contributed by atoms with Gasteiger partial charge in [-0.05, 0) is 36.4 Å². The average molecular weight is 431 g/mol. The minimum absolute atomic E-state index is 0.00712. The Morgan fingerprint density at radius 1 is 0.871 bits per heavy atom. The first-order valence-corrected chi connectivity index (χ1v) is 11.3. The zero-order chi connectivity index (χ0) is 21.6. The molecule has 0 bridgehead atoms. The van der Waals surface area contributed by atoms with Gasteiger partial charge in [0.05, 0.1) is 16.6 Å². The number of carbonyl (C=O) groups excluding carboxylic acids is 1. The Morgan fingerprint density at radius 3 is 2.32 bits per heavy atom. The summed E-state index contributed by atoms with van der Waals surface area (Å²) in [7, 11) is -3.64. The second kappa shape index (κ2) is 7.06. The number of aromatic nitrogens is 4. The van der Waals surface area contributed by atoms with Gasteiger partial charge in [0.2, 0.25) is 20.9 Å². The van der Waals surface area contributed by atoms with Crippen LogP contribution >= 0.6 is 0 Å². The smallest absolute Gasteiger partial charge is 0.278 e. The Labute approximate surface area is 177 Å². The molecule has 0 fully saturated rings. The Kier molecular flexibility index (Phi) is 4.33. The molecule has 5 rings (SSSR count). The van der Waals surface area contributed by atoms with E-state index in [1.807, 2.05) is 59.2 Å². The van der Waals surface area contributed by atoms with Crippen molar-refractivity contribution in [1.29, 1.82) is 0 Å². The summed E-state index contributed by atoms with van der Waals surface area (Å²) in [5, 5.41) is 2.62. The SMILES string of the molecule is CS(=O)(=O)c1nc(C(=O)Nc2nc3ccccc3n2-c2ccccc2)c2ccccn12. The van der Waals surface area contributed by atoms with Crippen LogP contribution < -0.4 is 5.32 Å². The van der Waals surface area contributed by atoms with E-state index in [-0.39, 0.29) is 10.9 Å². The molecular formula is C22H17N5O3S. The molecule has 3 heterocycles. The van der Waals surface area contributed by atoms with Crippen molar-refractivity contribution < 1.29 is 13.2 Å². The number of benzene rings is 2. The molecule has 2 aromatic carbocycles. The molecule has 0 saturated heterocycles. The van der Waals surface area contributed by atoms with Gasteiger partial charge in [-0.3, -0.25) is 19.1 Å². The predicted molar refractivity (Wildman–Crippen MR) is 117 cm³/mol. The van der Waals surface area contributed by atoms with Gasteiger partial charge in [0.1, 0.15) is 0 Å². The van der Waals surface area contributed by atoms with Gasteiger partial charge in [-0.2, -0.15) is 0 Å². The standard InChI is InChI=1S/C22H17N5O3S/c1-31(29,30)22-24-19(18-13-7-8-14-26(18)22)20(28)25-21-23-16-11-5-6-12-17(16)27(21)15-9-3-2-4-10-15/h2-14H,1H3,(H,23,25,28). The molecule has 0 aliphatic carbocycles. The average Bonchev–Trinajstić information content (AvgIpc) is 3.33. The second-order valence-corrected chi connectivity index (χ2v) is 8.93. The van der Waals surface area contributed by atoms with E-state index in [0.29, 0.717) is 17.0 Å². The number of sulfone groups is 1. The first-order valence-electron chi connectivity index (χ1n) is 9.45. The number of nitrogens with one attached hydrogen (secondary N) is 1. The summed E-state index contributed by atoms with van der Waals surface area (Å²) in [6.07, 6.45) is 2.62. The number of carbonyl (C=O) groups is 1. The number of amides is 1. The van der Waals surface area contributed by atoms with Crippen LogP contribution in [0.3, 0.4) is 0 Å². The third-order valence-electron chi connectivity index (χ3n) is 4.86. The lowest BCUT2D eigenvalue weighted by molar-refractivity contribution is 0.102. The number of para-hydroxylation sites is 3. The van der Waals surface area contributed by atoms with Gasteiger partial charge < -0.3 is 0 Å². The van der Waals surface area contributed by atoms with Gasteiger partial charge in [-0.15, -0.1) is 0 Å². The topological polar surface area (TPSA) is 98.4 Å². The Bertz CT molecular complexity index is 1550. The first kappa shape index (κ1) is 19.0. The molecule has 9 heteroatoms. The van der Waals surface area contributed by atoms with Crippen LogP contribution in [0.5, 0.6) is 0 Å². The van der Waals surface area contributed by atoms with E-state index < -0.39 is 15.7 Å². The van der Waals surface area contributed by atoms with Gasteiger partial charge in [0.15, 0.2) is 5.69 Å². The number of hydrogen-bond donors (Lipinski definition) is 1. The monoisotopic (exact) mass is 431 g/mol. The van der Waals surface area contributed by atoms with Crippen LogP contribution in [-0.2, 0) is 9.84 Å². The summed E-state index contributed by atoms with van der Waals surface area (Å²) in [5.41, 5.74) is 2.78. The van der Waals surface area contributed by atoms with Crippen molar-refractivity contribution in [3.05, 3.63) is 84.7 Å². The fourth-order valence-corrected chi connectivity index (χ4v) is 4.32. The molecule has 0 spiro atoms. The molecule has 0 aliphatic rings. The van der Waals surface area contributed by atoms with Crippen molar-refractivity contribution in [2.45, 2.75) is 5.16 Å². The summed E-state index contributed by atoms with van der Waals surface area (Å²) in [4.78, 5) is 21.9. The number of rotatable bonds is 4. The third kappa shape index (κ3) is 3.24. The summed E-state index contributed by atoms with van der Waals surface area (Å²) in [5.74, 6) is -0.235. The Balaban J connectivity index is 1.65. The lowest BCUT2D eigenvalue weighted by Gasteiger charge is -2.09. The van der Waals surface area contributed by atoms with Gasteiger partial charge in [0.25, 0.3) is 5.91 Å². The molecular weight excluding hydrogens is 414 g/mol. The molecule has 0 aliphatic heterocycles. The lowest BCUT2D eigenvalue weighted by atomic mass is 10.3. The summed E-state index contributed by atoms with van der Waals surface area (Å²) in [6, 6.07) is 22.1. The molecule has 0 atom stereocenters. The van der Waals surface area contributed by atoms with E-state index in [4.69, 9.17) is 0 Å². The number of fused-ring (bicyclic) bond motifs is 2. The molecule has 1 N–H and O–H groups in total. The maximum absolute atomic E-state index is 13.2. The normalized spacial score (nSPS) is 11.8. The van der Waals surface area contributed by atoms with Crippen molar-refractivity contribution in [2.24, 2.45) is 0 Å². The molecule has 8 nitrogen and oxygen atoms in total. The van der Waals surface area contributed by atoms with Crippen molar-refractivity contribution in [1.82, 2.24) is 18.9 Å². The molecule has 154 valence electrons. The summed E-state index contributed by atoms with van der Waals surface area (Å²) >= 11 is 0. The third-order valence-corrected chi connectivity index (χ3v) is 5.81. The number of pyridine rings is 1. The maximum atomic E-state index is 13.2. The highest BCUT2D eigenvalue weighted by Crippen LogP contribution is 2.25. The minimum atomic E-state index is -3.64. The second-order valence-electron chi connectivity index (χ2n) is 7.02. The Morgan fingerprint density at radius 2 is 1.55 bits per heavy atom. The highest BCUT2D eigenvalue weighted by Gasteiger charge is 2.24. The molecule has 0 radical (unpaired) electrons. The number of hydrogen-bond acceptors (Lipinski definition) is 5. The van der Waals surface area contributed by atoms with Crippen molar-refractivity contribution in [3.63, 3.8) is 0 Å². The summed E-state index contributed by atoms with van der Waals surface area (Å²) in [6.45, 7) is 0. The quantitative estimate of drug-likeness (QED) is 0.471. The van der Waals surface area contributed by atoms with Crippen LogP contribution in [-0.4, -0.2) is 39.5 Å². The molecule has 0 saturated carbocycles. The van der Waals surface area contributed by atoms with Crippen LogP contribution in [0.4, 0.5) is 5.95 Å². The first-order chi connectivity index (χ1) is 14.9. The summed E-state index contributed by atoms with van der Waals surface area (Å²) < 4.78 is 27.6. The Hall–Kier alpha value is -3.98.